The van der Waals surface area contributed by atoms with Crippen LogP contribution in [0.5, 0.6) is 11.5 Å². The average molecular weight is 966 g/mol. The Bertz CT molecular complexity index is 2550. The summed E-state index contributed by atoms with van der Waals surface area (Å²) in [6, 6.07) is 27.7. The molecule has 0 amide bonds. The standard InChI is InChI=1S/C61H79N3O7/c1-4-5-7-12-39-19-22-45(55(67)32-39)15-10-11-16-46-23-24-48(52-31-42(29-41-26-28-63-57(62)33-41)37-61(52,71)27-25-54(66)58(46)60(69)70)53-36-49(44-13-8-6-9-14-44)59(64-53)51-34-47(65)35-56(68)50(51)30-40-17-20-43(21-18-40)38(2)3/h6,8-9,13-14,17-22,26,28,33-36,38-39,42,45-46,48,52,54-55,58,64-68,71H,4-5,7,10-12,15-16,23-25,27,29-32,37H2,1-3H3,(H2,62,63)(H,69,70)/t39-,42+,45-,46+,48-,52+,54+,55-,58+,61+/m1/s1. The minimum absolute atomic E-state index is 0.00622. The van der Waals surface area contributed by atoms with Crippen LogP contribution in [0.2, 0.25) is 0 Å². The number of nitrogen functional groups attached to an aromatic ring is 1. The normalized spacial score (nSPS) is 26.9. The lowest BCUT2D eigenvalue weighted by atomic mass is 9.69. The van der Waals surface area contributed by atoms with E-state index in [0.29, 0.717) is 73.7 Å². The summed E-state index contributed by atoms with van der Waals surface area (Å²) in [5, 5.41) is 69.8. The summed E-state index contributed by atoms with van der Waals surface area (Å²) in [6.07, 6.45) is 17.1. The van der Waals surface area contributed by atoms with Crippen LogP contribution in [0.15, 0.2) is 103 Å². The van der Waals surface area contributed by atoms with Crippen molar-refractivity contribution < 1.29 is 35.4 Å². The number of rotatable bonds is 18. The van der Waals surface area contributed by atoms with Crippen LogP contribution in [0.4, 0.5) is 5.82 Å². The van der Waals surface area contributed by atoms with Gasteiger partial charge < -0.3 is 41.4 Å². The van der Waals surface area contributed by atoms with Crippen LogP contribution in [-0.4, -0.2) is 64.4 Å². The Balaban J connectivity index is 1.15. The second-order valence-electron chi connectivity index (χ2n) is 22.1. The highest BCUT2D eigenvalue weighted by molar-refractivity contribution is 5.85. The first kappa shape index (κ1) is 51.9. The SMILES string of the molecule is CCCCC[C@@H]1C=C[C@@H](CCCC[C@H]2CC[C@@H](c3cc(-c4ccccc4)c(-c4cc(O)cc(O)c4Cc4ccc(C(C)C)cc4)[nH]3)[C@@H]3C[C@H](Cc4ccnc(N)c4)C[C@@]3(O)CC[C@H](O)[C@H]2C(=O)O)[C@H](O)C1. The molecule has 8 rings (SSSR count). The number of aromatic hydroxyl groups is 2. The quantitative estimate of drug-likeness (QED) is 0.0312. The molecule has 380 valence electrons. The number of benzene rings is 3. The lowest BCUT2D eigenvalue weighted by Crippen LogP contribution is -2.42. The number of allylic oxidation sites excluding steroid dienone is 1. The van der Waals surface area contributed by atoms with E-state index in [-0.39, 0.29) is 60.0 Å². The Morgan fingerprint density at radius 1 is 0.831 bits per heavy atom. The Morgan fingerprint density at radius 2 is 1.59 bits per heavy atom. The maximum atomic E-state index is 13.3. The van der Waals surface area contributed by atoms with Crippen LogP contribution in [0.3, 0.4) is 0 Å². The van der Waals surface area contributed by atoms with Gasteiger partial charge in [-0.3, -0.25) is 4.79 Å². The molecular weight excluding hydrogens is 887 g/mol. The zero-order valence-corrected chi connectivity index (χ0v) is 42.2. The van der Waals surface area contributed by atoms with Gasteiger partial charge in [-0.2, -0.15) is 0 Å². The van der Waals surface area contributed by atoms with Gasteiger partial charge in [-0.15, -0.1) is 0 Å². The number of unbranched alkanes of at least 4 members (excludes halogenated alkanes) is 3. The summed E-state index contributed by atoms with van der Waals surface area (Å²) < 4.78 is 0. The molecule has 0 unspecified atom stereocenters. The average Bonchev–Trinajstić information content (AvgIpc) is 3.92. The third-order valence-corrected chi connectivity index (χ3v) is 16.7. The van der Waals surface area contributed by atoms with E-state index >= 15 is 0 Å². The molecule has 0 aliphatic heterocycles. The summed E-state index contributed by atoms with van der Waals surface area (Å²) in [5.41, 5.74) is 13.1. The summed E-state index contributed by atoms with van der Waals surface area (Å²) in [6.45, 7) is 6.54. The number of nitrogens with two attached hydrogens (primary N) is 1. The number of aromatic amines is 1. The first-order chi connectivity index (χ1) is 34.2. The summed E-state index contributed by atoms with van der Waals surface area (Å²) in [4.78, 5) is 21.4. The fourth-order valence-corrected chi connectivity index (χ4v) is 12.9. The fourth-order valence-electron chi connectivity index (χ4n) is 12.9. The highest BCUT2D eigenvalue weighted by Gasteiger charge is 2.51. The molecule has 10 heteroatoms. The van der Waals surface area contributed by atoms with Crippen molar-refractivity contribution in [3.8, 4) is 33.9 Å². The first-order valence-corrected chi connectivity index (χ1v) is 26.8. The number of fused-ring (bicyclic) bond motifs is 1. The summed E-state index contributed by atoms with van der Waals surface area (Å²) in [5.74, 6) is -1.44. The van der Waals surface area contributed by atoms with Crippen LogP contribution in [0, 0.1) is 35.5 Å². The lowest BCUT2D eigenvalue weighted by Gasteiger charge is -2.39. The molecule has 2 saturated carbocycles. The van der Waals surface area contributed by atoms with E-state index in [4.69, 9.17) is 5.73 Å². The second-order valence-corrected chi connectivity index (χ2v) is 22.1. The predicted molar refractivity (Wildman–Crippen MR) is 283 cm³/mol. The van der Waals surface area contributed by atoms with E-state index < -0.39 is 23.6 Å². The lowest BCUT2D eigenvalue weighted by molar-refractivity contribution is -0.150. The van der Waals surface area contributed by atoms with Gasteiger partial charge >= 0.3 is 5.97 Å². The Kier molecular flexibility index (Phi) is 17.1. The van der Waals surface area contributed by atoms with Crippen molar-refractivity contribution >= 4 is 11.8 Å². The van der Waals surface area contributed by atoms with Gasteiger partial charge in [0.25, 0.3) is 0 Å². The predicted octanol–water partition coefficient (Wildman–Crippen LogP) is 12.5. The van der Waals surface area contributed by atoms with E-state index in [2.05, 4.69) is 85.4 Å². The summed E-state index contributed by atoms with van der Waals surface area (Å²) in [7, 11) is 0. The number of hydrogen-bond acceptors (Lipinski definition) is 8. The third kappa shape index (κ3) is 12.6. The molecule has 3 aromatic carbocycles. The fraction of sp³-hybridized carbons (Fsp3) is 0.508. The van der Waals surface area contributed by atoms with Gasteiger partial charge in [-0.25, -0.2) is 4.98 Å². The maximum Gasteiger partial charge on any atom is 0.309 e. The maximum absolute atomic E-state index is 13.3. The monoisotopic (exact) mass is 966 g/mol. The molecule has 0 spiro atoms. The van der Waals surface area contributed by atoms with Crippen LogP contribution < -0.4 is 5.73 Å². The smallest absolute Gasteiger partial charge is 0.309 e. The van der Waals surface area contributed by atoms with Crippen molar-refractivity contribution in [1.82, 2.24) is 9.97 Å². The molecule has 2 fully saturated rings. The molecule has 2 aromatic heterocycles. The third-order valence-electron chi connectivity index (χ3n) is 16.7. The van der Waals surface area contributed by atoms with Crippen LogP contribution >= 0.6 is 0 Å². The van der Waals surface area contributed by atoms with Gasteiger partial charge in [0, 0.05) is 52.9 Å². The van der Waals surface area contributed by atoms with Crippen LogP contribution in [0.25, 0.3) is 22.4 Å². The number of carbonyl (C=O) groups is 1. The van der Waals surface area contributed by atoms with Crippen molar-refractivity contribution in [3.05, 3.63) is 131 Å². The van der Waals surface area contributed by atoms with Crippen molar-refractivity contribution in [2.75, 3.05) is 5.73 Å². The molecule has 5 aromatic rings. The van der Waals surface area contributed by atoms with Crippen molar-refractivity contribution in [2.45, 2.75) is 160 Å². The van der Waals surface area contributed by atoms with Gasteiger partial charge in [0.05, 0.1) is 29.4 Å². The number of carboxylic acid groups (broad SMARTS) is 1. The number of aliphatic hydroxyl groups excluding tert-OH is 2. The van der Waals surface area contributed by atoms with E-state index in [0.717, 1.165) is 65.7 Å². The molecule has 10 nitrogen and oxygen atoms in total. The molecule has 71 heavy (non-hydrogen) atoms. The molecule has 0 radical (unpaired) electrons. The Morgan fingerprint density at radius 3 is 2.31 bits per heavy atom. The molecule has 3 aliphatic carbocycles. The topological polar surface area (TPSA) is 193 Å². The highest BCUT2D eigenvalue weighted by Crippen LogP contribution is 2.54. The number of phenolic OH excluding ortho intramolecular Hbond substituents is 2. The second kappa shape index (κ2) is 23.4. The van der Waals surface area contributed by atoms with Crippen LogP contribution in [0.1, 0.15) is 157 Å². The van der Waals surface area contributed by atoms with Gasteiger partial charge in [0.2, 0.25) is 0 Å². The number of hydrogen-bond donors (Lipinski definition) is 8. The number of nitrogens with zero attached hydrogens (tertiary/aromatic N) is 1. The molecule has 9 N–H and O–H groups in total. The number of anilines is 1. The van der Waals surface area contributed by atoms with Crippen molar-refractivity contribution in [3.63, 3.8) is 0 Å². The first-order valence-electron chi connectivity index (χ1n) is 26.8. The van der Waals surface area contributed by atoms with E-state index in [1.807, 2.05) is 30.3 Å². The van der Waals surface area contributed by atoms with Crippen LogP contribution in [-0.2, 0) is 17.6 Å². The Hall–Kier alpha value is -5.42. The van der Waals surface area contributed by atoms with Gasteiger partial charge in [0.1, 0.15) is 17.3 Å². The molecule has 0 bridgehead atoms. The van der Waals surface area contributed by atoms with E-state index in [1.165, 1.54) is 30.9 Å². The van der Waals surface area contributed by atoms with E-state index in [1.54, 1.807) is 12.3 Å². The van der Waals surface area contributed by atoms with Crippen molar-refractivity contribution in [1.29, 1.82) is 0 Å². The molecular formula is C61H79N3O7. The van der Waals surface area contributed by atoms with E-state index in [9.17, 15) is 35.4 Å². The highest BCUT2D eigenvalue weighted by atomic mass is 16.4. The zero-order chi connectivity index (χ0) is 50.2. The summed E-state index contributed by atoms with van der Waals surface area (Å²) >= 11 is 0. The number of carboxylic acids is 1. The van der Waals surface area contributed by atoms with Gasteiger partial charge in [0.15, 0.2) is 0 Å². The number of aliphatic carboxylic acids is 1. The molecule has 3 aliphatic rings. The molecule has 2 heterocycles. The number of phenols is 2. The van der Waals surface area contributed by atoms with Gasteiger partial charge in [-0.05, 0) is 147 Å². The number of pyridine rings is 1. The largest absolute Gasteiger partial charge is 0.508 e. The Labute approximate surface area is 421 Å². The van der Waals surface area contributed by atoms with Gasteiger partial charge in [-0.1, -0.05) is 120 Å². The minimum atomic E-state index is -1.21. The minimum Gasteiger partial charge on any atom is -0.508 e. The number of aromatic nitrogens is 2. The molecule has 10 atom stereocenters. The number of H-pyrrole nitrogens is 1. The number of nitrogens with one attached hydrogen (secondary N) is 1. The number of aliphatic hydroxyl groups is 3. The van der Waals surface area contributed by atoms with Crippen molar-refractivity contribution in [2.24, 2.45) is 35.5 Å². The molecule has 0 saturated heterocycles. The zero-order valence-electron chi connectivity index (χ0n) is 42.2.